The number of rotatable bonds is 6. The molecule has 0 aromatic heterocycles. The molecule has 0 atom stereocenters. The Labute approximate surface area is 226 Å². The highest BCUT2D eigenvalue weighted by atomic mass is 35.5. The van der Waals surface area contributed by atoms with E-state index in [2.05, 4.69) is 5.32 Å². The van der Waals surface area contributed by atoms with Gasteiger partial charge >= 0.3 is 0 Å². The molecule has 1 aliphatic rings. The summed E-state index contributed by atoms with van der Waals surface area (Å²) in [6, 6.07) is 27.0. The van der Waals surface area contributed by atoms with Crippen molar-refractivity contribution in [2.45, 2.75) is 18.4 Å². The van der Waals surface area contributed by atoms with Gasteiger partial charge in [-0.2, -0.15) is 0 Å². The smallest absolute Gasteiger partial charge is 0.264 e. The number of benzene rings is 4. The third-order valence-corrected chi connectivity index (χ3v) is 8.29. The van der Waals surface area contributed by atoms with E-state index in [0.29, 0.717) is 22.0 Å². The molecule has 2 amide bonds. The lowest BCUT2D eigenvalue weighted by molar-refractivity contribution is -0.115. The standard InChI is InChI=1S/C29H24ClN3O4S/c1-20-10-16-23(17-11-20)38(36,37)33(18-21-12-14-22(30)15-13-21)26-8-4-2-6-24(26)29(35)32-19-28(34)31-25-7-3-5-9-27(25)32/h2-17H,18-19H2,1H3,(H,31,34). The molecule has 0 unspecified atom stereocenters. The Balaban J connectivity index is 1.63. The zero-order valence-corrected chi connectivity index (χ0v) is 22.0. The second-order valence-electron chi connectivity index (χ2n) is 8.92. The first kappa shape index (κ1) is 25.5. The quantitative estimate of drug-likeness (QED) is 0.339. The van der Waals surface area contributed by atoms with Crippen molar-refractivity contribution >= 4 is 50.5 Å². The number of nitrogens with one attached hydrogen (secondary N) is 1. The summed E-state index contributed by atoms with van der Waals surface area (Å²) >= 11 is 6.06. The predicted molar refractivity (Wildman–Crippen MR) is 149 cm³/mol. The number of aryl methyl sites for hydroxylation is 1. The summed E-state index contributed by atoms with van der Waals surface area (Å²) in [5.41, 5.74) is 3.02. The van der Waals surface area contributed by atoms with Gasteiger partial charge in [0.1, 0.15) is 6.54 Å². The van der Waals surface area contributed by atoms with Crippen LogP contribution in [0.3, 0.4) is 0 Å². The van der Waals surface area contributed by atoms with E-state index in [-0.39, 0.29) is 35.1 Å². The number of carbonyl (C=O) groups is 2. The summed E-state index contributed by atoms with van der Waals surface area (Å²) in [5, 5.41) is 3.30. The molecule has 0 saturated heterocycles. The summed E-state index contributed by atoms with van der Waals surface area (Å²) in [7, 11) is -4.09. The predicted octanol–water partition coefficient (Wildman–Crippen LogP) is 5.64. The van der Waals surface area contributed by atoms with Crippen molar-refractivity contribution in [3.8, 4) is 0 Å². The van der Waals surface area contributed by atoms with E-state index >= 15 is 0 Å². The third-order valence-electron chi connectivity index (χ3n) is 6.27. The first-order chi connectivity index (χ1) is 18.2. The van der Waals surface area contributed by atoms with Crippen LogP contribution in [-0.2, 0) is 21.4 Å². The number of hydrogen-bond donors (Lipinski definition) is 1. The van der Waals surface area contributed by atoms with Gasteiger partial charge in [0.15, 0.2) is 0 Å². The molecule has 0 aliphatic carbocycles. The SMILES string of the molecule is Cc1ccc(S(=O)(=O)N(Cc2ccc(Cl)cc2)c2ccccc2C(=O)N2CC(=O)Nc3ccccc32)cc1. The van der Waals surface area contributed by atoms with E-state index in [0.717, 1.165) is 5.56 Å². The molecule has 1 aliphatic heterocycles. The number of hydrogen-bond acceptors (Lipinski definition) is 4. The van der Waals surface area contributed by atoms with Crippen molar-refractivity contribution in [3.63, 3.8) is 0 Å². The second kappa shape index (κ2) is 10.3. The van der Waals surface area contributed by atoms with Crippen LogP contribution < -0.4 is 14.5 Å². The normalized spacial score (nSPS) is 13.0. The minimum absolute atomic E-state index is 0.0330. The Morgan fingerprint density at radius 3 is 2.32 bits per heavy atom. The fraction of sp³-hybridized carbons (Fsp3) is 0.103. The zero-order chi connectivity index (χ0) is 26.9. The van der Waals surface area contributed by atoms with Crippen molar-refractivity contribution in [2.75, 3.05) is 21.1 Å². The van der Waals surface area contributed by atoms with E-state index in [1.807, 2.05) is 6.92 Å². The van der Waals surface area contributed by atoms with Gasteiger partial charge in [-0.05, 0) is 61.0 Å². The Morgan fingerprint density at radius 1 is 0.921 bits per heavy atom. The van der Waals surface area contributed by atoms with Gasteiger partial charge in [-0.3, -0.25) is 18.8 Å². The van der Waals surface area contributed by atoms with Gasteiger partial charge in [0.2, 0.25) is 5.91 Å². The van der Waals surface area contributed by atoms with Gasteiger partial charge in [-0.15, -0.1) is 0 Å². The van der Waals surface area contributed by atoms with Crippen molar-refractivity contribution in [2.24, 2.45) is 0 Å². The van der Waals surface area contributed by atoms with Crippen LogP contribution in [0, 0.1) is 6.92 Å². The van der Waals surface area contributed by atoms with Crippen LogP contribution in [0.1, 0.15) is 21.5 Å². The Hall–Kier alpha value is -4.14. The van der Waals surface area contributed by atoms with E-state index in [4.69, 9.17) is 11.6 Å². The van der Waals surface area contributed by atoms with E-state index in [1.54, 1.807) is 97.1 Å². The second-order valence-corrected chi connectivity index (χ2v) is 11.2. The van der Waals surface area contributed by atoms with Crippen LogP contribution >= 0.6 is 11.6 Å². The summed E-state index contributed by atoms with van der Waals surface area (Å²) in [6.45, 7) is 1.66. The van der Waals surface area contributed by atoms with E-state index in [1.165, 1.54) is 9.21 Å². The van der Waals surface area contributed by atoms with Crippen molar-refractivity contribution in [3.05, 3.63) is 119 Å². The van der Waals surface area contributed by atoms with Crippen LogP contribution in [0.25, 0.3) is 0 Å². The molecule has 0 bridgehead atoms. The van der Waals surface area contributed by atoms with Crippen LogP contribution in [0.5, 0.6) is 0 Å². The van der Waals surface area contributed by atoms with Gasteiger partial charge in [-0.1, -0.05) is 65.7 Å². The highest BCUT2D eigenvalue weighted by Gasteiger charge is 2.33. The number of anilines is 3. The lowest BCUT2D eigenvalue weighted by atomic mass is 10.1. The first-order valence-corrected chi connectivity index (χ1v) is 13.7. The molecule has 4 aromatic carbocycles. The number of sulfonamides is 1. The fourth-order valence-corrected chi connectivity index (χ4v) is 5.92. The Kier molecular flexibility index (Phi) is 6.93. The molecule has 0 saturated carbocycles. The van der Waals surface area contributed by atoms with Crippen LogP contribution in [0.4, 0.5) is 17.1 Å². The van der Waals surface area contributed by atoms with Gasteiger partial charge in [0.05, 0.1) is 34.1 Å². The van der Waals surface area contributed by atoms with Crippen molar-refractivity contribution in [1.82, 2.24) is 0 Å². The maximum Gasteiger partial charge on any atom is 0.264 e. The van der Waals surface area contributed by atoms with Crippen LogP contribution in [-0.4, -0.2) is 26.8 Å². The number of nitrogens with zero attached hydrogens (tertiary/aromatic N) is 2. The molecule has 1 N–H and O–H groups in total. The van der Waals surface area contributed by atoms with Gasteiger partial charge in [0, 0.05) is 5.02 Å². The highest BCUT2D eigenvalue weighted by Crippen LogP contribution is 2.34. The molecule has 0 spiro atoms. The lowest BCUT2D eigenvalue weighted by Gasteiger charge is -2.31. The van der Waals surface area contributed by atoms with E-state index in [9.17, 15) is 18.0 Å². The summed E-state index contributed by atoms with van der Waals surface area (Å²) in [6.07, 6.45) is 0. The molecule has 1 heterocycles. The maximum atomic E-state index is 14.0. The number of amides is 2. The minimum atomic E-state index is -4.09. The van der Waals surface area contributed by atoms with Crippen molar-refractivity contribution in [1.29, 1.82) is 0 Å². The largest absolute Gasteiger partial charge is 0.323 e. The molecular formula is C29H24ClN3O4S. The third kappa shape index (κ3) is 5.01. The van der Waals surface area contributed by atoms with Gasteiger partial charge < -0.3 is 5.32 Å². The monoisotopic (exact) mass is 545 g/mol. The fourth-order valence-electron chi connectivity index (χ4n) is 4.32. The van der Waals surface area contributed by atoms with Crippen molar-refractivity contribution < 1.29 is 18.0 Å². The minimum Gasteiger partial charge on any atom is -0.323 e. The Morgan fingerprint density at radius 2 is 1.58 bits per heavy atom. The molecular weight excluding hydrogens is 522 g/mol. The molecule has 38 heavy (non-hydrogen) atoms. The number of para-hydroxylation sites is 3. The van der Waals surface area contributed by atoms with E-state index < -0.39 is 15.9 Å². The molecule has 4 aromatic rings. The lowest BCUT2D eigenvalue weighted by Crippen LogP contribution is -2.43. The summed E-state index contributed by atoms with van der Waals surface area (Å²) in [5.74, 6) is -0.817. The molecule has 9 heteroatoms. The maximum absolute atomic E-state index is 14.0. The highest BCUT2D eigenvalue weighted by molar-refractivity contribution is 7.92. The molecule has 7 nitrogen and oxygen atoms in total. The van der Waals surface area contributed by atoms with Crippen LogP contribution in [0.2, 0.25) is 5.02 Å². The summed E-state index contributed by atoms with van der Waals surface area (Å²) < 4.78 is 29.3. The molecule has 0 fully saturated rings. The first-order valence-electron chi connectivity index (χ1n) is 11.9. The molecule has 0 radical (unpaired) electrons. The number of carbonyl (C=O) groups excluding carboxylic acids is 2. The Bertz CT molecular complexity index is 1620. The zero-order valence-electron chi connectivity index (χ0n) is 20.5. The number of halogens is 1. The van der Waals surface area contributed by atoms with Gasteiger partial charge in [0.25, 0.3) is 15.9 Å². The molecule has 5 rings (SSSR count). The van der Waals surface area contributed by atoms with Crippen LogP contribution in [0.15, 0.2) is 102 Å². The topological polar surface area (TPSA) is 86.8 Å². The number of fused-ring (bicyclic) bond motifs is 1. The van der Waals surface area contributed by atoms with Gasteiger partial charge in [-0.25, -0.2) is 8.42 Å². The summed E-state index contributed by atoms with van der Waals surface area (Å²) in [4.78, 5) is 27.8. The average molecular weight is 546 g/mol. The molecule has 192 valence electrons. The average Bonchev–Trinajstić information content (AvgIpc) is 2.92.